The second-order valence-corrected chi connectivity index (χ2v) is 4.75. The maximum absolute atomic E-state index is 11.5. The molecule has 2 N–H and O–H groups in total. The molecule has 0 saturated heterocycles. The van der Waals surface area contributed by atoms with Crippen LogP contribution in [0.5, 0.6) is 0 Å². The number of ketones is 1. The molecule has 13 heavy (non-hydrogen) atoms. The van der Waals surface area contributed by atoms with Gasteiger partial charge in [-0.25, -0.2) is 0 Å². The summed E-state index contributed by atoms with van der Waals surface area (Å²) in [6, 6.07) is 1.84. The summed E-state index contributed by atoms with van der Waals surface area (Å²) in [5, 5.41) is 1.91. The second kappa shape index (κ2) is 4.88. The van der Waals surface area contributed by atoms with Gasteiger partial charge in [0.2, 0.25) is 0 Å². The fourth-order valence-electron chi connectivity index (χ4n) is 0.942. The Bertz CT molecular complexity index is 298. The third-order valence-corrected chi connectivity index (χ3v) is 3.55. The van der Waals surface area contributed by atoms with E-state index in [0.29, 0.717) is 6.42 Å². The Morgan fingerprint density at radius 3 is 2.92 bits per heavy atom. The van der Waals surface area contributed by atoms with Crippen molar-refractivity contribution >= 4 is 33.0 Å². The number of hydrogen-bond donors (Lipinski definition) is 1. The van der Waals surface area contributed by atoms with E-state index in [1.807, 2.05) is 18.4 Å². The molecule has 0 spiro atoms. The lowest BCUT2D eigenvalue weighted by Crippen LogP contribution is -2.22. The molecule has 1 rings (SSSR count). The van der Waals surface area contributed by atoms with Crippen LogP contribution < -0.4 is 5.73 Å². The highest BCUT2D eigenvalue weighted by Crippen LogP contribution is 2.21. The molecule has 2 nitrogen and oxygen atoms in total. The highest BCUT2D eigenvalue weighted by molar-refractivity contribution is 9.10. The second-order valence-electron chi connectivity index (χ2n) is 2.92. The lowest BCUT2D eigenvalue weighted by molar-refractivity contribution is 0.0978. The molecular formula is C9H12BrNOS. The first kappa shape index (κ1) is 10.9. The summed E-state index contributed by atoms with van der Waals surface area (Å²) >= 11 is 4.77. The predicted octanol–water partition coefficient (Wildman–Crippen LogP) is 2.82. The van der Waals surface area contributed by atoms with Crippen LogP contribution in [0.25, 0.3) is 0 Å². The molecule has 1 heterocycles. The van der Waals surface area contributed by atoms with Crippen molar-refractivity contribution in [3.8, 4) is 0 Å². The van der Waals surface area contributed by atoms with Crippen LogP contribution in [0.15, 0.2) is 15.9 Å². The van der Waals surface area contributed by atoms with Gasteiger partial charge in [-0.05, 0) is 28.4 Å². The maximum atomic E-state index is 11.5. The van der Waals surface area contributed by atoms with Crippen LogP contribution in [0, 0.1) is 0 Å². The fourth-order valence-corrected chi connectivity index (χ4v) is 2.32. The van der Waals surface area contributed by atoms with Gasteiger partial charge in [0.05, 0.1) is 4.88 Å². The first-order valence-electron chi connectivity index (χ1n) is 4.16. The van der Waals surface area contributed by atoms with Gasteiger partial charge in [-0.15, -0.1) is 11.3 Å². The minimum atomic E-state index is -0.00613. The Labute approximate surface area is 90.3 Å². The van der Waals surface area contributed by atoms with E-state index in [4.69, 9.17) is 5.73 Å². The van der Waals surface area contributed by atoms with E-state index in [2.05, 4.69) is 15.9 Å². The van der Waals surface area contributed by atoms with Crippen LogP contribution in [0.1, 0.15) is 29.4 Å². The SMILES string of the molecule is CCC(N)CC(=O)c1cc(Br)cs1. The molecule has 1 unspecified atom stereocenters. The number of halogens is 1. The highest BCUT2D eigenvalue weighted by atomic mass is 79.9. The summed E-state index contributed by atoms with van der Waals surface area (Å²) in [6.45, 7) is 1.99. The molecule has 72 valence electrons. The third kappa shape index (κ3) is 3.21. The lowest BCUT2D eigenvalue weighted by atomic mass is 10.1. The Balaban J connectivity index is 2.58. The van der Waals surface area contributed by atoms with Crippen LogP contribution in [0.3, 0.4) is 0 Å². The van der Waals surface area contributed by atoms with Gasteiger partial charge in [-0.2, -0.15) is 0 Å². The van der Waals surface area contributed by atoms with Crippen molar-refractivity contribution in [2.24, 2.45) is 5.73 Å². The first-order chi connectivity index (χ1) is 6.13. The van der Waals surface area contributed by atoms with Crippen molar-refractivity contribution in [3.05, 3.63) is 20.8 Å². The topological polar surface area (TPSA) is 43.1 Å². The smallest absolute Gasteiger partial charge is 0.174 e. The van der Waals surface area contributed by atoms with Crippen LogP contribution in [-0.2, 0) is 0 Å². The molecule has 4 heteroatoms. The number of hydrogen-bond acceptors (Lipinski definition) is 3. The van der Waals surface area contributed by atoms with E-state index in [1.165, 1.54) is 11.3 Å². The average Bonchev–Trinajstić information content (AvgIpc) is 2.51. The first-order valence-corrected chi connectivity index (χ1v) is 5.83. The Kier molecular flexibility index (Phi) is 4.09. The van der Waals surface area contributed by atoms with Crippen LogP contribution in [0.4, 0.5) is 0 Å². The van der Waals surface area contributed by atoms with Crippen LogP contribution in [0.2, 0.25) is 0 Å². The third-order valence-electron chi connectivity index (χ3n) is 1.81. The zero-order valence-electron chi connectivity index (χ0n) is 7.42. The fraction of sp³-hybridized carbons (Fsp3) is 0.444. The molecule has 0 aliphatic rings. The largest absolute Gasteiger partial charge is 0.327 e. The molecule has 0 fully saturated rings. The van der Waals surface area contributed by atoms with Gasteiger partial charge in [-0.1, -0.05) is 6.92 Å². The summed E-state index contributed by atoms with van der Waals surface area (Å²) in [6.07, 6.45) is 1.29. The molecule has 1 atom stereocenters. The molecule has 1 aromatic heterocycles. The summed E-state index contributed by atoms with van der Waals surface area (Å²) in [5.74, 6) is 0.144. The number of carbonyl (C=O) groups excluding carboxylic acids is 1. The van der Waals surface area contributed by atoms with Gasteiger partial charge in [0.15, 0.2) is 5.78 Å². The minimum absolute atomic E-state index is 0.00613. The number of carbonyl (C=O) groups is 1. The van der Waals surface area contributed by atoms with Crippen molar-refractivity contribution in [2.45, 2.75) is 25.8 Å². The van der Waals surface area contributed by atoms with E-state index in [1.54, 1.807) is 0 Å². The predicted molar refractivity (Wildman–Crippen MR) is 59.2 cm³/mol. The molecular weight excluding hydrogens is 250 g/mol. The normalized spacial score (nSPS) is 12.8. The molecule has 0 radical (unpaired) electrons. The van der Waals surface area contributed by atoms with E-state index < -0.39 is 0 Å². The van der Waals surface area contributed by atoms with Crippen molar-refractivity contribution in [2.75, 3.05) is 0 Å². The standard InChI is InChI=1S/C9H12BrNOS/c1-2-7(11)4-8(12)9-3-6(10)5-13-9/h3,5,7H,2,4,11H2,1H3. The molecule has 0 aliphatic carbocycles. The zero-order valence-corrected chi connectivity index (χ0v) is 9.82. The number of nitrogens with two attached hydrogens (primary N) is 1. The van der Waals surface area contributed by atoms with Crippen molar-refractivity contribution in [1.82, 2.24) is 0 Å². The summed E-state index contributed by atoms with van der Waals surface area (Å²) in [4.78, 5) is 12.3. The van der Waals surface area contributed by atoms with Gasteiger partial charge in [0, 0.05) is 22.3 Å². The minimum Gasteiger partial charge on any atom is -0.327 e. The number of thiophene rings is 1. The Morgan fingerprint density at radius 1 is 1.77 bits per heavy atom. The van der Waals surface area contributed by atoms with Gasteiger partial charge < -0.3 is 5.73 Å². The molecule has 0 saturated carbocycles. The lowest BCUT2D eigenvalue weighted by Gasteiger charge is -2.05. The highest BCUT2D eigenvalue weighted by Gasteiger charge is 2.11. The van der Waals surface area contributed by atoms with Crippen molar-refractivity contribution in [3.63, 3.8) is 0 Å². The van der Waals surface area contributed by atoms with E-state index in [9.17, 15) is 4.79 Å². The van der Waals surface area contributed by atoms with Crippen LogP contribution in [-0.4, -0.2) is 11.8 Å². The number of Topliss-reactive ketones (excluding diaryl/α,β-unsaturated/α-hetero) is 1. The van der Waals surface area contributed by atoms with Gasteiger partial charge in [0.25, 0.3) is 0 Å². The quantitative estimate of drug-likeness (QED) is 0.848. The maximum Gasteiger partial charge on any atom is 0.174 e. The summed E-state index contributed by atoms with van der Waals surface area (Å²) in [7, 11) is 0. The van der Waals surface area contributed by atoms with Crippen molar-refractivity contribution in [1.29, 1.82) is 0 Å². The van der Waals surface area contributed by atoms with Gasteiger partial charge >= 0.3 is 0 Å². The van der Waals surface area contributed by atoms with Gasteiger partial charge in [0.1, 0.15) is 0 Å². The Morgan fingerprint density at radius 2 is 2.46 bits per heavy atom. The monoisotopic (exact) mass is 261 g/mol. The van der Waals surface area contributed by atoms with E-state index in [0.717, 1.165) is 15.8 Å². The average molecular weight is 262 g/mol. The molecule has 0 aromatic carbocycles. The molecule has 0 aliphatic heterocycles. The summed E-state index contributed by atoms with van der Waals surface area (Å²) < 4.78 is 0.964. The van der Waals surface area contributed by atoms with Crippen LogP contribution >= 0.6 is 27.3 Å². The molecule has 0 amide bonds. The van der Waals surface area contributed by atoms with Crippen molar-refractivity contribution < 1.29 is 4.79 Å². The Hall–Kier alpha value is -0.190. The summed E-state index contributed by atoms with van der Waals surface area (Å²) in [5.41, 5.74) is 5.69. The number of rotatable bonds is 4. The van der Waals surface area contributed by atoms with E-state index in [-0.39, 0.29) is 11.8 Å². The van der Waals surface area contributed by atoms with Gasteiger partial charge in [-0.3, -0.25) is 4.79 Å². The van der Waals surface area contributed by atoms with E-state index >= 15 is 0 Å². The molecule has 1 aromatic rings. The zero-order chi connectivity index (χ0) is 9.84. The molecule has 0 bridgehead atoms.